The van der Waals surface area contributed by atoms with Gasteiger partial charge in [0.05, 0.1) is 6.20 Å². The molecule has 0 aliphatic heterocycles. The third-order valence-electron chi connectivity index (χ3n) is 3.02. The average molecular weight is 312 g/mol. The lowest BCUT2D eigenvalue weighted by Gasteiger charge is -2.10. The molecule has 0 amide bonds. The van der Waals surface area contributed by atoms with E-state index in [0.717, 1.165) is 10.6 Å². The highest BCUT2D eigenvalue weighted by atomic mass is 32.1. The molecule has 1 unspecified atom stereocenters. The summed E-state index contributed by atoms with van der Waals surface area (Å²) >= 11 is 1.39. The van der Waals surface area contributed by atoms with E-state index in [2.05, 4.69) is 15.6 Å². The summed E-state index contributed by atoms with van der Waals surface area (Å²) in [6, 6.07) is 12.4. The zero-order chi connectivity index (χ0) is 15.4. The summed E-state index contributed by atoms with van der Waals surface area (Å²) < 4.78 is 1.40. The fourth-order valence-corrected chi connectivity index (χ4v) is 2.87. The van der Waals surface area contributed by atoms with E-state index >= 15 is 0 Å². The Morgan fingerprint density at radius 3 is 2.73 bits per heavy atom. The van der Waals surface area contributed by atoms with Crippen LogP contribution in [-0.4, -0.2) is 27.1 Å². The monoisotopic (exact) mass is 312 g/mol. The summed E-state index contributed by atoms with van der Waals surface area (Å²) in [5.41, 5.74) is 0.865. The smallest absolute Gasteiger partial charge is 0.225 e. The quantitative estimate of drug-likeness (QED) is 0.559. The van der Waals surface area contributed by atoms with Gasteiger partial charge in [0, 0.05) is 10.6 Å². The number of hydrogen-bond donors (Lipinski definition) is 1. The van der Waals surface area contributed by atoms with Gasteiger partial charge in [-0.2, -0.15) is 0 Å². The van der Waals surface area contributed by atoms with Crippen molar-refractivity contribution in [3.8, 4) is 0 Å². The molecule has 7 heteroatoms. The summed E-state index contributed by atoms with van der Waals surface area (Å²) in [6.07, 6.45) is 1.93. The van der Waals surface area contributed by atoms with Gasteiger partial charge in [0.1, 0.15) is 0 Å². The van der Waals surface area contributed by atoms with Crippen molar-refractivity contribution in [2.24, 2.45) is 0 Å². The number of benzene rings is 1. The molecule has 2 heterocycles. The van der Waals surface area contributed by atoms with Crippen molar-refractivity contribution in [1.82, 2.24) is 15.0 Å². The Bertz CT molecular complexity index is 768. The van der Waals surface area contributed by atoms with E-state index in [9.17, 15) is 9.59 Å². The van der Waals surface area contributed by atoms with Crippen LogP contribution in [0.5, 0.6) is 0 Å². The second kappa shape index (κ2) is 6.31. The molecule has 0 saturated heterocycles. The number of carbonyl (C=O) groups excluding carboxylic acids is 2. The molecule has 1 aromatic carbocycles. The number of hydrogen-bond acceptors (Lipinski definition) is 6. The standard InChI is InChI=1S/C15H12N4O2S/c20-10-12(21)15(13-7-4-8-22-13)19-9-14(17-18-19)16-11-5-2-1-3-6-11/h1-10,15-16H. The van der Waals surface area contributed by atoms with Crippen LogP contribution in [0.4, 0.5) is 11.5 Å². The molecule has 1 N–H and O–H groups in total. The number of ketones is 1. The topological polar surface area (TPSA) is 76.9 Å². The molecule has 3 aromatic rings. The number of nitrogens with zero attached hydrogens (tertiary/aromatic N) is 3. The van der Waals surface area contributed by atoms with Crippen molar-refractivity contribution in [3.05, 3.63) is 58.9 Å². The average Bonchev–Trinajstić information content (AvgIpc) is 3.21. The van der Waals surface area contributed by atoms with Crippen LogP contribution in [0.1, 0.15) is 10.9 Å². The Morgan fingerprint density at radius 1 is 1.23 bits per heavy atom. The molecule has 110 valence electrons. The first-order valence-corrected chi connectivity index (χ1v) is 7.42. The predicted molar refractivity (Wildman–Crippen MR) is 83.3 cm³/mol. The van der Waals surface area contributed by atoms with Gasteiger partial charge >= 0.3 is 0 Å². The van der Waals surface area contributed by atoms with Gasteiger partial charge in [-0.25, -0.2) is 4.68 Å². The highest BCUT2D eigenvalue weighted by molar-refractivity contribution is 7.10. The van der Waals surface area contributed by atoms with Crippen LogP contribution in [0.2, 0.25) is 0 Å². The molecule has 2 aromatic heterocycles. The van der Waals surface area contributed by atoms with Crippen molar-refractivity contribution in [2.75, 3.05) is 5.32 Å². The van der Waals surface area contributed by atoms with E-state index in [-0.39, 0.29) is 0 Å². The maximum absolute atomic E-state index is 11.9. The number of carbonyl (C=O) groups is 2. The Morgan fingerprint density at radius 2 is 2.05 bits per heavy atom. The highest BCUT2D eigenvalue weighted by Crippen LogP contribution is 2.24. The first-order valence-electron chi connectivity index (χ1n) is 6.54. The minimum Gasteiger partial charge on any atom is -0.337 e. The summed E-state index contributed by atoms with van der Waals surface area (Å²) in [4.78, 5) is 23.5. The first-order chi connectivity index (χ1) is 10.8. The highest BCUT2D eigenvalue weighted by Gasteiger charge is 2.24. The van der Waals surface area contributed by atoms with Gasteiger partial charge in [-0.3, -0.25) is 9.59 Å². The van der Waals surface area contributed by atoms with Gasteiger partial charge in [0.2, 0.25) is 5.78 Å². The van der Waals surface area contributed by atoms with Gasteiger partial charge < -0.3 is 5.32 Å². The molecule has 0 saturated carbocycles. The number of rotatable bonds is 6. The Balaban J connectivity index is 1.87. The van der Waals surface area contributed by atoms with E-state index in [0.29, 0.717) is 12.1 Å². The lowest BCUT2D eigenvalue weighted by Crippen LogP contribution is -2.21. The van der Waals surface area contributed by atoms with Gasteiger partial charge in [0.25, 0.3) is 0 Å². The summed E-state index contributed by atoms with van der Waals surface area (Å²) in [5, 5.41) is 12.9. The van der Waals surface area contributed by atoms with Crippen LogP contribution < -0.4 is 5.32 Å². The zero-order valence-electron chi connectivity index (χ0n) is 11.4. The maximum atomic E-state index is 11.9. The molecule has 1 atom stereocenters. The fraction of sp³-hybridized carbons (Fsp3) is 0.0667. The Labute approximate surface area is 130 Å². The van der Waals surface area contributed by atoms with Gasteiger partial charge in [0.15, 0.2) is 18.1 Å². The SMILES string of the molecule is O=CC(=O)C(c1cccs1)n1cc(Nc2ccccc2)nn1. The lowest BCUT2D eigenvalue weighted by atomic mass is 10.1. The Hall–Kier alpha value is -2.80. The van der Waals surface area contributed by atoms with E-state index in [1.54, 1.807) is 12.3 Å². The minimum atomic E-state index is -0.767. The van der Waals surface area contributed by atoms with Crippen molar-refractivity contribution in [1.29, 1.82) is 0 Å². The second-order valence-corrected chi connectivity index (χ2v) is 5.49. The van der Waals surface area contributed by atoms with Crippen molar-refractivity contribution in [2.45, 2.75) is 6.04 Å². The first kappa shape index (κ1) is 14.2. The van der Waals surface area contributed by atoms with Crippen molar-refractivity contribution in [3.63, 3.8) is 0 Å². The summed E-state index contributed by atoms with van der Waals surface area (Å²) in [5.74, 6) is -0.0509. The fourth-order valence-electron chi connectivity index (χ4n) is 2.04. The zero-order valence-corrected chi connectivity index (χ0v) is 12.2. The summed E-state index contributed by atoms with van der Waals surface area (Å²) in [6.45, 7) is 0. The van der Waals surface area contributed by atoms with E-state index in [4.69, 9.17) is 0 Å². The molecule has 22 heavy (non-hydrogen) atoms. The molecule has 0 spiro atoms. The van der Waals surface area contributed by atoms with E-state index in [1.165, 1.54) is 16.0 Å². The third kappa shape index (κ3) is 2.94. The molecule has 0 aliphatic rings. The molecular formula is C15H12N4O2S. The van der Waals surface area contributed by atoms with Gasteiger partial charge in [-0.15, -0.1) is 16.4 Å². The van der Waals surface area contributed by atoms with Gasteiger partial charge in [-0.05, 0) is 23.6 Å². The molecule has 0 bridgehead atoms. The molecule has 6 nitrogen and oxygen atoms in total. The summed E-state index contributed by atoms with van der Waals surface area (Å²) in [7, 11) is 0. The van der Waals surface area contributed by atoms with E-state index < -0.39 is 11.8 Å². The predicted octanol–water partition coefficient (Wildman–Crippen LogP) is 2.44. The number of para-hydroxylation sites is 1. The number of anilines is 2. The maximum Gasteiger partial charge on any atom is 0.225 e. The normalized spacial score (nSPS) is 11.8. The third-order valence-corrected chi connectivity index (χ3v) is 3.94. The van der Waals surface area contributed by atoms with Crippen LogP contribution in [0.15, 0.2) is 54.0 Å². The van der Waals surface area contributed by atoms with Crippen molar-refractivity contribution >= 4 is 34.9 Å². The number of aldehydes is 1. The number of thiophene rings is 1. The van der Waals surface area contributed by atoms with Crippen molar-refractivity contribution < 1.29 is 9.59 Å². The number of nitrogens with one attached hydrogen (secondary N) is 1. The van der Waals surface area contributed by atoms with Crippen LogP contribution in [-0.2, 0) is 9.59 Å². The van der Waals surface area contributed by atoms with E-state index in [1.807, 2.05) is 41.8 Å². The van der Waals surface area contributed by atoms with Crippen LogP contribution in [0.25, 0.3) is 0 Å². The second-order valence-electron chi connectivity index (χ2n) is 4.51. The molecule has 0 radical (unpaired) electrons. The Kier molecular flexibility index (Phi) is 4.06. The lowest BCUT2D eigenvalue weighted by molar-refractivity contribution is -0.131. The molecular weight excluding hydrogens is 300 g/mol. The number of Topliss-reactive ketones (excluding diaryl/α,β-unsaturated/α-hetero) is 1. The van der Waals surface area contributed by atoms with Crippen LogP contribution in [0.3, 0.4) is 0 Å². The number of aromatic nitrogens is 3. The molecule has 3 rings (SSSR count). The van der Waals surface area contributed by atoms with Crippen LogP contribution >= 0.6 is 11.3 Å². The largest absolute Gasteiger partial charge is 0.337 e. The molecule has 0 fully saturated rings. The van der Waals surface area contributed by atoms with Crippen LogP contribution in [0, 0.1) is 0 Å². The van der Waals surface area contributed by atoms with Gasteiger partial charge in [-0.1, -0.05) is 29.5 Å². The molecule has 0 aliphatic carbocycles. The minimum absolute atomic E-state index is 0.316.